The number of aliphatic hydroxyl groups is 12. The molecule has 0 unspecified atom stereocenters. The number of ether oxygens (including phenoxy) is 12. The Morgan fingerprint density at radius 1 is 0.327 bits per heavy atom. The molecule has 8 fully saturated rings. The van der Waals surface area contributed by atoms with Crippen molar-refractivity contribution in [1.82, 2.24) is 30.0 Å². The van der Waals surface area contributed by atoms with Crippen LogP contribution in [0.25, 0.3) is 22.5 Å². The molecule has 1 aromatic carbocycles. The number of hydrogen-bond acceptors (Lipinski definition) is 40. The standard InChI is InChI=1S/C56H96N18O24/c57-7-23-35(77)39(81)29(65)51(87-23)93-45-19(63)5-17(61)33(75)49(45)97-55-43(85)47(95-53-31(67)41(83)37(79)25(9-59)89-53)27(91-55)13-73-11-21(69-71-73)15-1-2-16(4-3-15)22-12-74(72-70-22)14-28-48(96-54-32(68)42(84)38(80)26(10-60)90-54)44(86)56(92-28)98-50-34(76)18(62)6-20(64)46(50)94-52-30(66)40(82)36(78)24(8-58)88-52/h1-4,11-12,17-20,23-56,75-86H,5-10,13-14,57-68H2/t17-,18-,19+,20+,23-,24-,25+,26+,27-,28-,29-,30-,31-,32-,33+,34+,35-,36-,37-,38-,39-,40-,41-,42-,43-,44-,45-,46-,47-,48-,49-,50-,51-,52-,53-,54-,55+,56+/m1/s1. The number of benzene rings is 1. The minimum absolute atomic E-state index is 0.00897. The molecule has 38 atom stereocenters. The van der Waals surface area contributed by atoms with Gasteiger partial charge in [0, 0.05) is 61.5 Å². The van der Waals surface area contributed by atoms with Crippen LogP contribution in [0.2, 0.25) is 0 Å². The topological polar surface area (TPSA) is 727 Å². The van der Waals surface area contributed by atoms with E-state index in [4.69, 9.17) is 126 Å². The van der Waals surface area contributed by atoms with E-state index in [9.17, 15) is 61.3 Å². The molecule has 8 heterocycles. The molecule has 42 nitrogen and oxygen atoms in total. The highest BCUT2D eigenvalue weighted by Crippen LogP contribution is 2.39. The van der Waals surface area contributed by atoms with Crippen molar-refractivity contribution < 1.29 is 118 Å². The van der Waals surface area contributed by atoms with Gasteiger partial charge in [0.2, 0.25) is 0 Å². The van der Waals surface area contributed by atoms with Gasteiger partial charge in [0.25, 0.3) is 0 Å². The van der Waals surface area contributed by atoms with Crippen LogP contribution in [0.5, 0.6) is 0 Å². The van der Waals surface area contributed by atoms with Crippen LogP contribution in [-0.4, -0.2) is 350 Å². The molecule has 98 heavy (non-hydrogen) atoms. The van der Waals surface area contributed by atoms with Gasteiger partial charge >= 0.3 is 0 Å². The molecule has 0 bridgehead atoms. The Hall–Kier alpha value is -3.94. The van der Waals surface area contributed by atoms with Gasteiger partial charge in [-0.25, -0.2) is 9.36 Å². The molecule has 11 rings (SSSR count). The zero-order valence-corrected chi connectivity index (χ0v) is 52.9. The lowest BCUT2D eigenvalue weighted by Gasteiger charge is -2.47. The second kappa shape index (κ2) is 31.6. The molecule has 2 aromatic heterocycles. The number of rotatable bonds is 22. The summed E-state index contributed by atoms with van der Waals surface area (Å²) >= 11 is 0. The molecule has 3 aromatic rings. The van der Waals surface area contributed by atoms with Gasteiger partial charge in [-0.1, -0.05) is 34.7 Å². The second-order valence-corrected chi connectivity index (χ2v) is 26.4. The van der Waals surface area contributed by atoms with E-state index in [1.807, 2.05) is 0 Å². The maximum absolute atomic E-state index is 12.1. The maximum atomic E-state index is 12.1. The normalized spacial score (nSPS) is 48.0. The van der Waals surface area contributed by atoms with Gasteiger partial charge in [-0.2, -0.15) is 0 Å². The van der Waals surface area contributed by atoms with E-state index in [1.165, 1.54) is 9.36 Å². The van der Waals surface area contributed by atoms with Gasteiger partial charge in [0.1, 0.15) is 146 Å². The summed E-state index contributed by atoms with van der Waals surface area (Å²) in [5, 5.41) is 150. The highest BCUT2D eigenvalue weighted by Gasteiger charge is 2.58. The second-order valence-electron chi connectivity index (χ2n) is 26.4. The Morgan fingerprint density at radius 2 is 0.592 bits per heavy atom. The van der Waals surface area contributed by atoms with Crippen LogP contribution in [-0.2, 0) is 69.9 Å². The summed E-state index contributed by atoms with van der Waals surface area (Å²) in [5.74, 6) is 0. The average Bonchev–Trinajstić information content (AvgIpc) is 1.62. The lowest BCUT2D eigenvalue weighted by atomic mass is 9.84. The Balaban J connectivity index is 0.796. The van der Waals surface area contributed by atoms with E-state index in [-0.39, 0.29) is 52.1 Å². The predicted molar refractivity (Wildman–Crippen MR) is 327 cm³/mol. The first kappa shape index (κ1) is 75.2. The largest absolute Gasteiger partial charge is 0.389 e. The third-order valence-electron chi connectivity index (χ3n) is 19.7. The molecule has 554 valence electrons. The maximum Gasteiger partial charge on any atom is 0.187 e. The zero-order valence-electron chi connectivity index (χ0n) is 52.9. The van der Waals surface area contributed by atoms with Crippen molar-refractivity contribution in [2.24, 2.45) is 68.8 Å². The molecular weight excluding hydrogens is 1310 g/mol. The highest BCUT2D eigenvalue weighted by molar-refractivity contribution is 5.65. The highest BCUT2D eigenvalue weighted by atomic mass is 16.8. The van der Waals surface area contributed by atoms with Gasteiger partial charge in [0.05, 0.1) is 61.9 Å². The number of aromatic nitrogens is 6. The predicted octanol–water partition coefficient (Wildman–Crippen LogP) is -15.5. The summed E-state index contributed by atoms with van der Waals surface area (Å²) in [6.45, 7) is -1.36. The first-order chi connectivity index (χ1) is 46.6. The van der Waals surface area contributed by atoms with Crippen molar-refractivity contribution in [1.29, 1.82) is 0 Å². The van der Waals surface area contributed by atoms with Gasteiger partial charge < -0.3 is 187 Å². The van der Waals surface area contributed by atoms with Crippen LogP contribution < -0.4 is 68.8 Å². The molecule has 8 aliphatic rings. The number of hydrogen-bond donors (Lipinski definition) is 24. The third kappa shape index (κ3) is 15.2. The van der Waals surface area contributed by atoms with E-state index < -0.39 is 233 Å². The van der Waals surface area contributed by atoms with Crippen molar-refractivity contribution in [3.05, 3.63) is 36.7 Å². The first-order valence-electron chi connectivity index (χ1n) is 32.4. The summed E-state index contributed by atoms with van der Waals surface area (Å²) in [6.07, 6.45) is -39.8. The van der Waals surface area contributed by atoms with Crippen molar-refractivity contribution >= 4 is 0 Å². The lowest BCUT2D eigenvalue weighted by Crippen LogP contribution is -2.68. The van der Waals surface area contributed by atoms with Gasteiger partial charge in [0.15, 0.2) is 37.7 Å². The third-order valence-corrected chi connectivity index (χ3v) is 19.7. The minimum Gasteiger partial charge on any atom is -0.389 e. The Labute approximate surface area is 559 Å². The fourth-order valence-electron chi connectivity index (χ4n) is 13.7. The number of aliphatic hydroxyl groups excluding tert-OH is 12. The van der Waals surface area contributed by atoms with Crippen molar-refractivity contribution in [3.63, 3.8) is 0 Å². The quantitative estimate of drug-likeness (QED) is 0.0444. The van der Waals surface area contributed by atoms with Crippen LogP contribution in [0.1, 0.15) is 12.8 Å². The van der Waals surface area contributed by atoms with E-state index in [0.29, 0.717) is 22.5 Å². The Kier molecular flexibility index (Phi) is 24.2. The van der Waals surface area contributed by atoms with Gasteiger partial charge in [-0.05, 0) is 12.8 Å². The van der Waals surface area contributed by atoms with Gasteiger partial charge in [-0.3, -0.25) is 0 Å². The van der Waals surface area contributed by atoms with Crippen molar-refractivity contribution in [3.8, 4) is 22.5 Å². The summed E-state index contributed by atoms with van der Waals surface area (Å²) in [4.78, 5) is 0. The molecular formula is C56H96N18O24. The van der Waals surface area contributed by atoms with E-state index in [2.05, 4.69) is 20.6 Å². The number of nitrogens with zero attached hydrogens (tertiary/aromatic N) is 6. The molecule has 0 radical (unpaired) electrons. The zero-order chi connectivity index (χ0) is 70.6. The molecule has 36 N–H and O–H groups in total. The van der Waals surface area contributed by atoms with E-state index in [1.54, 1.807) is 36.7 Å². The van der Waals surface area contributed by atoms with E-state index in [0.717, 1.165) is 0 Å². The molecule has 6 saturated heterocycles. The summed E-state index contributed by atoms with van der Waals surface area (Å²) in [5.41, 5.74) is 76.0. The van der Waals surface area contributed by atoms with Crippen LogP contribution >= 0.6 is 0 Å². The lowest BCUT2D eigenvalue weighted by molar-refractivity contribution is -0.306. The molecule has 42 heteroatoms. The molecule has 0 spiro atoms. The van der Waals surface area contributed by atoms with Crippen molar-refractivity contribution in [2.75, 3.05) is 26.2 Å². The first-order valence-corrected chi connectivity index (χ1v) is 32.4. The summed E-state index contributed by atoms with van der Waals surface area (Å²) in [6, 6.07) is -2.37. The fraction of sp³-hybridized carbons (Fsp3) is 0.821. The smallest absolute Gasteiger partial charge is 0.187 e. The average molecular weight is 1410 g/mol. The SMILES string of the molecule is NC[C@@H]1O[C@H](O[C@H]2[C@@H](O)[C@H](O[C@@H]3[C@@H](O)[C@H](N)C[C@H](N)[C@H]3O[C@H]3O[C@H](CN)[C@@H](O)[C@H](O)[C@H]3N)O[C@@H]2Cn2cc(-c3ccc(-c4cn(C[C@H]5O[C@@H](O[C@@H]6[C@@H](O)[C@H](N)C[C@H](N)[C@H]6O[C@H]6O[C@H](CN)[C@@H](O)[C@H](O)[C@H]6N)[C@H](O)[C@@H]5O[C@H]5O[C@@H](CN)[C@@H](O)[C@H](O)[C@H]5N)nn4)cc3)nn2)[C@H](N)[C@@H](O)[C@@H]1O. The molecule has 0 amide bonds. The molecule has 2 saturated carbocycles. The van der Waals surface area contributed by atoms with Crippen LogP contribution in [0.15, 0.2) is 36.7 Å². The number of nitrogens with two attached hydrogens (primary N) is 12. The van der Waals surface area contributed by atoms with Crippen molar-refractivity contribution in [2.45, 2.75) is 259 Å². The van der Waals surface area contributed by atoms with E-state index >= 15 is 0 Å². The van der Waals surface area contributed by atoms with Crippen LogP contribution in [0.4, 0.5) is 0 Å². The van der Waals surface area contributed by atoms with Gasteiger partial charge in [-0.15, -0.1) is 10.2 Å². The van der Waals surface area contributed by atoms with Crippen LogP contribution in [0, 0.1) is 0 Å². The minimum atomic E-state index is -1.73. The summed E-state index contributed by atoms with van der Waals surface area (Å²) in [7, 11) is 0. The Morgan fingerprint density at radius 3 is 0.878 bits per heavy atom. The summed E-state index contributed by atoms with van der Waals surface area (Å²) < 4.78 is 76.5. The Bertz CT molecular complexity index is 2820. The molecule has 2 aliphatic carbocycles. The monoisotopic (exact) mass is 1400 g/mol. The fourth-order valence-corrected chi connectivity index (χ4v) is 13.7. The van der Waals surface area contributed by atoms with Crippen LogP contribution in [0.3, 0.4) is 0 Å². The molecule has 6 aliphatic heterocycles.